The number of carbonyl (C=O) groups is 2. The highest BCUT2D eigenvalue weighted by Gasteiger charge is 2.28. The first-order chi connectivity index (χ1) is 13.6. The van der Waals surface area contributed by atoms with E-state index in [9.17, 15) is 14.0 Å². The molecule has 6 nitrogen and oxygen atoms in total. The molecule has 2 aromatic carbocycles. The van der Waals surface area contributed by atoms with Crippen LogP contribution in [0.2, 0.25) is 0 Å². The monoisotopic (exact) mass is 381 g/mol. The Bertz CT molecular complexity index is 912. The Balaban J connectivity index is 1.51. The summed E-state index contributed by atoms with van der Waals surface area (Å²) in [7, 11) is 0. The van der Waals surface area contributed by atoms with Crippen LogP contribution in [0.15, 0.2) is 66.3 Å². The Labute approximate surface area is 162 Å². The molecule has 1 unspecified atom stereocenters. The van der Waals surface area contributed by atoms with E-state index >= 15 is 0 Å². The van der Waals surface area contributed by atoms with Crippen LogP contribution in [0, 0.1) is 5.82 Å². The lowest BCUT2D eigenvalue weighted by molar-refractivity contribution is -0.131. The summed E-state index contributed by atoms with van der Waals surface area (Å²) >= 11 is 0. The second kappa shape index (κ2) is 8.94. The number of halogens is 1. The predicted octanol–water partition coefficient (Wildman–Crippen LogP) is 2.44. The fraction of sp³-hybridized carbons (Fsp3) is 0.190. The van der Waals surface area contributed by atoms with Gasteiger partial charge in [0.05, 0.1) is 5.71 Å². The van der Waals surface area contributed by atoms with Gasteiger partial charge in [0, 0.05) is 25.1 Å². The third-order valence-electron chi connectivity index (χ3n) is 4.29. The molecule has 1 heterocycles. The summed E-state index contributed by atoms with van der Waals surface area (Å²) in [6.45, 7) is 3.59. The standard InChI is InChI=1S/C21H20FN3O3/c1-2-20(26)23-12-14-8-9-16(17(22)10-14)13-24-21(27)19-11-18(25-28-19)15-6-4-3-5-7-15/h2-10,19H,1,11-13H2,(H,23,26)(H,24,27). The Morgan fingerprint density at radius 2 is 1.96 bits per heavy atom. The highest BCUT2D eigenvalue weighted by molar-refractivity contribution is 6.04. The second-order valence-electron chi connectivity index (χ2n) is 6.27. The van der Waals surface area contributed by atoms with Crippen molar-refractivity contribution in [1.29, 1.82) is 0 Å². The average Bonchev–Trinajstić information content (AvgIpc) is 3.22. The maximum Gasteiger partial charge on any atom is 0.264 e. The summed E-state index contributed by atoms with van der Waals surface area (Å²) in [6.07, 6.45) is 0.782. The van der Waals surface area contributed by atoms with Crippen molar-refractivity contribution in [3.05, 3.63) is 83.7 Å². The number of hydrogen-bond donors (Lipinski definition) is 2. The molecule has 1 aliphatic heterocycles. The van der Waals surface area contributed by atoms with Crippen LogP contribution >= 0.6 is 0 Å². The van der Waals surface area contributed by atoms with Crippen molar-refractivity contribution in [2.45, 2.75) is 25.6 Å². The minimum Gasteiger partial charge on any atom is -0.382 e. The Morgan fingerprint density at radius 1 is 1.18 bits per heavy atom. The van der Waals surface area contributed by atoms with E-state index in [1.165, 1.54) is 6.07 Å². The number of nitrogens with zero attached hydrogens (tertiary/aromatic N) is 1. The molecule has 0 fully saturated rings. The first-order valence-electron chi connectivity index (χ1n) is 8.80. The van der Waals surface area contributed by atoms with Crippen molar-refractivity contribution in [2.75, 3.05) is 0 Å². The largest absolute Gasteiger partial charge is 0.382 e. The fourth-order valence-corrected chi connectivity index (χ4v) is 2.72. The molecular formula is C21H20FN3O3. The van der Waals surface area contributed by atoms with Crippen LogP contribution in [0.25, 0.3) is 0 Å². The summed E-state index contributed by atoms with van der Waals surface area (Å²) in [6, 6.07) is 14.1. The zero-order chi connectivity index (χ0) is 19.9. The molecule has 1 atom stereocenters. The zero-order valence-electron chi connectivity index (χ0n) is 15.2. The zero-order valence-corrected chi connectivity index (χ0v) is 15.2. The number of rotatable bonds is 7. The quantitative estimate of drug-likeness (QED) is 0.723. The molecule has 1 aliphatic rings. The topological polar surface area (TPSA) is 79.8 Å². The Kier molecular flexibility index (Phi) is 6.16. The molecule has 144 valence electrons. The summed E-state index contributed by atoms with van der Waals surface area (Å²) in [4.78, 5) is 28.7. The molecule has 2 N–H and O–H groups in total. The Morgan fingerprint density at radius 3 is 2.68 bits per heavy atom. The molecule has 0 radical (unpaired) electrons. The molecule has 0 spiro atoms. The normalized spacial score (nSPS) is 15.3. The van der Waals surface area contributed by atoms with Crippen LogP contribution in [-0.2, 0) is 27.5 Å². The van der Waals surface area contributed by atoms with Gasteiger partial charge in [0.15, 0.2) is 0 Å². The van der Waals surface area contributed by atoms with Crippen LogP contribution in [0.4, 0.5) is 4.39 Å². The van der Waals surface area contributed by atoms with Crippen molar-refractivity contribution >= 4 is 17.5 Å². The van der Waals surface area contributed by atoms with E-state index in [1.807, 2.05) is 30.3 Å². The summed E-state index contributed by atoms with van der Waals surface area (Å²) in [5.74, 6) is -1.14. The van der Waals surface area contributed by atoms with E-state index in [4.69, 9.17) is 4.84 Å². The van der Waals surface area contributed by atoms with E-state index in [0.717, 1.165) is 11.6 Å². The van der Waals surface area contributed by atoms with Gasteiger partial charge in [0.25, 0.3) is 5.91 Å². The number of hydrogen-bond acceptors (Lipinski definition) is 4. The van der Waals surface area contributed by atoms with Crippen LogP contribution < -0.4 is 10.6 Å². The SMILES string of the molecule is C=CC(=O)NCc1ccc(CNC(=O)C2CC(c3ccccc3)=NO2)c(F)c1. The smallest absolute Gasteiger partial charge is 0.264 e. The lowest BCUT2D eigenvalue weighted by atomic mass is 10.0. The molecule has 0 aromatic heterocycles. The first kappa shape index (κ1) is 19.3. The van der Waals surface area contributed by atoms with Gasteiger partial charge in [-0.3, -0.25) is 9.59 Å². The molecule has 0 aliphatic carbocycles. The second-order valence-corrected chi connectivity index (χ2v) is 6.27. The maximum atomic E-state index is 14.2. The highest BCUT2D eigenvalue weighted by atomic mass is 19.1. The molecule has 2 amide bonds. The van der Waals surface area contributed by atoms with Gasteiger partial charge in [-0.2, -0.15) is 0 Å². The van der Waals surface area contributed by atoms with Crippen molar-refractivity contribution in [1.82, 2.24) is 10.6 Å². The van der Waals surface area contributed by atoms with Gasteiger partial charge in [-0.15, -0.1) is 0 Å². The summed E-state index contributed by atoms with van der Waals surface area (Å²) in [5, 5.41) is 9.22. The van der Waals surface area contributed by atoms with Crippen LogP contribution in [0.5, 0.6) is 0 Å². The first-order valence-corrected chi connectivity index (χ1v) is 8.80. The van der Waals surface area contributed by atoms with E-state index < -0.39 is 11.9 Å². The number of carbonyl (C=O) groups excluding carboxylic acids is 2. The maximum absolute atomic E-state index is 14.2. The van der Waals surface area contributed by atoms with Gasteiger partial charge in [-0.05, 0) is 23.3 Å². The van der Waals surface area contributed by atoms with Crippen LogP contribution in [-0.4, -0.2) is 23.6 Å². The van der Waals surface area contributed by atoms with E-state index in [2.05, 4.69) is 22.4 Å². The lowest BCUT2D eigenvalue weighted by Gasteiger charge is -2.11. The number of nitrogens with one attached hydrogen (secondary N) is 2. The van der Waals surface area contributed by atoms with E-state index in [-0.39, 0.29) is 24.9 Å². The van der Waals surface area contributed by atoms with Crippen molar-refractivity contribution in [3.63, 3.8) is 0 Å². The van der Waals surface area contributed by atoms with E-state index in [0.29, 0.717) is 23.3 Å². The Hall–Kier alpha value is -3.48. The average molecular weight is 381 g/mol. The van der Waals surface area contributed by atoms with E-state index in [1.54, 1.807) is 12.1 Å². The third kappa shape index (κ3) is 4.82. The van der Waals surface area contributed by atoms with Gasteiger partial charge in [-0.1, -0.05) is 54.2 Å². The van der Waals surface area contributed by atoms with Gasteiger partial charge in [-0.25, -0.2) is 4.39 Å². The minimum atomic E-state index is -0.730. The fourth-order valence-electron chi connectivity index (χ4n) is 2.72. The molecule has 0 saturated heterocycles. The molecule has 2 aromatic rings. The minimum absolute atomic E-state index is 0.0322. The van der Waals surface area contributed by atoms with Gasteiger partial charge >= 0.3 is 0 Å². The molecule has 0 bridgehead atoms. The molecule has 28 heavy (non-hydrogen) atoms. The van der Waals surface area contributed by atoms with Gasteiger partial charge < -0.3 is 15.5 Å². The van der Waals surface area contributed by atoms with Crippen molar-refractivity contribution < 1.29 is 18.8 Å². The number of oxime groups is 1. The molecule has 3 rings (SSSR count). The van der Waals surface area contributed by atoms with Gasteiger partial charge in [0.2, 0.25) is 12.0 Å². The van der Waals surface area contributed by atoms with Crippen molar-refractivity contribution in [3.8, 4) is 0 Å². The molecular weight excluding hydrogens is 361 g/mol. The van der Waals surface area contributed by atoms with Crippen LogP contribution in [0.1, 0.15) is 23.1 Å². The predicted molar refractivity (Wildman–Crippen MR) is 103 cm³/mol. The summed E-state index contributed by atoms with van der Waals surface area (Å²) < 4.78 is 14.2. The number of amides is 2. The summed E-state index contributed by atoms with van der Waals surface area (Å²) in [5.41, 5.74) is 2.57. The molecule has 0 saturated carbocycles. The molecule has 7 heteroatoms. The van der Waals surface area contributed by atoms with Crippen molar-refractivity contribution in [2.24, 2.45) is 5.16 Å². The lowest BCUT2D eigenvalue weighted by Crippen LogP contribution is -2.34. The third-order valence-corrected chi connectivity index (χ3v) is 4.29. The number of benzene rings is 2. The highest BCUT2D eigenvalue weighted by Crippen LogP contribution is 2.17. The van der Waals surface area contributed by atoms with Gasteiger partial charge in [0.1, 0.15) is 5.82 Å². The van der Waals surface area contributed by atoms with Crippen LogP contribution in [0.3, 0.4) is 0 Å².